The molecule has 5 nitrogen and oxygen atoms in total. The molecule has 0 fully saturated rings. The SMILES string of the molecule is CCCCCCC(CNC(=O)OC(C)(C)C)(C(=O)O)C(C)C. The standard InChI is InChI=1S/C17H33NO4/c1-7-8-9-10-11-17(13(2)3,14(19)20)12-18-15(21)22-16(4,5)6/h13H,7-12H2,1-6H3,(H,18,21)(H,19,20). The van der Waals surface area contributed by atoms with E-state index in [1.807, 2.05) is 13.8 Å². The monoisotopic (exact) mass is 315 g/mol. The fourth-order valence-corrected chi connectivity index (χ4v) is 2.42. The first-order valence-corrected chi connectivity index (χ1v) is 8.25. The Hall–Kier alpha value is -1.26. The molecule has 0 aliphatic heterocycles. The van der Waals surface area contributed by atoms with Crippen LogP contribution in [0.25, 0.3) is 0 Å². The predicted molar refractivity (Wildman–Crippen MR) is 87.9 cm³/mol. The topological polar surface area (TPSA) is 75.6 Å². The van der Waals surface area contributed by atoms with Crippen LogP contribution >= 0.6 is 0 Å². The van der Waals surface area contributed by atoms with E-state index < -0.39 is 23.1 Å². The molecule has 1 amide bonds. The summed E-state index contributed by atoms with van der Waals surface area (Å²) in [6, 6.07) is 0. The van der Waals surface area contributed by atoms with Crippen LogP contribution in [-0.2, 0) is 9.53 Å². The fraction of sp³-hybridized carbons (Fsp3) is 0.882. The number of carbonyl (C=O) groups is 2. The molecule has 22 heavy (non-hydrogen) atoms. The molecule has 1 unspecified atom stereocenters. The van der Waals surface area contributed by atoms with Gasteiger partial charge in [0.2, 0.25) is 0 Å². The third-order valence-corrected chi connectivity index (χ3v) is 3.95. The molecule has 0 aromatic heterocycles. The Bertz CT molecular complexity index is 360. The fourth-order valence-electron chi connectivity index (χ4n) is 2.42. The van der Waals surface area contributed by atoms with Crippen LogP contribution in [0.2, 0.25) is 0 Å². The molecule has 0 bridgehead atoms. The number of hydrogen-bond acceptors (Lipinski definition) is 3. The minimum absolute atomic E-state index is 0.0680. The molecule has 0 rings (SSSR count). The Morgan fingerprint density at radius 1 is 1.14 bits per heavy atom. The summed E-state index contributed by atoms with van der Waals surface area (Å²) >= 11 is 0. The highest BCUT2D eigenvalue weighted by molar-refractivity contribution is 5.76. The van der Waals surface area contributed by atoms with E-state index >= 15 is 0 Å². The lowest BCUT2D eigenvalue weighted by atomic mass is 9.73. The molecular formula is C17H33NO4. The van der Waals surface area contributed by atoms with Gasteiger partial charge in [0.15, 0.2) is 0 Å². The number of carboxylic acids is 1. The summed E-state index contributed by atoms with van der Waals surface area (Å²) in [6.07, 6.45) is 4.09. The van der Waals surface area contributed by atoms with Gasteiger partial charge in [-0.2, -0.15) is 0 Å². The number of carboxylic acid groups (broad SMARTS) is 1. The number of aliphatic carboxylic acids is 1. The van der Waals surface area contributed by atoms with Crippen LogP contribution in [-0.4, -0.2) is 29.3 Å². The highest BCUT2D eigenvalue weighted by Gasteiger charge is 2.41. The van der Waals surface area contributed by atoms with Crippen molar-refractivity contribution in [2.45, 2.75) is 79.2 Å². The van der Waals surface area contributed by atoms with Gasteiger partial charge in [0.1, 0.15) is 5.60 Å². The van der Waals surface area contributed by atoms with Crippen molar-refractivity contribution < 1.29 is 19.4 Å². The van der Waals surface area contributed by atoms with E-state index in [1.54, 1.807) is 20.8 Å². The van der Waals surface area contributed by atoms with Crippen LogP contribution < -0.4 is 5.32 Å². The smallest absolute Gasteiger partial charge is 0.407 e. The minimum Gasteiger partial charge on any atom is -0.481 e. The number of ether oxygens (including phenoxy) is 1. The lowest BCUT2D eigenvalue weighted by Crippen LogP contribution is -2.47. The van der Waals surface area contributed by atoms with Gasteiger partial charge in [-0.15, -0.1) is 0 Å². The lowest BCUT2D eigenvalue weighted by Gasteiger charge is -2.34. The number of hydrogen-bond donors (Lipinski definition) is 2. The average molecular weight is 315 g/mol. The average Bonchev–Trinajstić information content (AvgIpc) is 2.35. The summed E-state index contributed by atoms with van der Waals surface area (Å²) < 4.78 is 5.19. The number of rotatable bonds is 9. The maximum atomic E-state index is 11.8. The Balaban J connectivity index is 4.78. The van der Waals surface area contributed by atoms with Crippen LogP contribution in [0.1, 0.15) is 73.6 Å². The number of carbonyl (C=O) groups excluding carboxylic acids is 1. The molecule has 5 heteroatoms. The van der Waals surface area contributed by atoms with Crippen LogP contribution in [0.4, 0.5) is 4.79 Å². The Morgan fingerprint density at radius 3 is 2.14 bits per heavy atom. The van der Waals surface area contributed by atoms with Gasteiger partial charge in [-0.3, -0.25) is 4.79 Å². The molecule has 0 aromatic carbocycles. The molecule has 0 aliphatic rings. The van der Waals surface area contributed by atoms with E-state index in [9.17, 15) is 14.7 Å². The van der Waals surface area contributed by atoms with Crippen LogP contribution in [0.15, 0.2) is 0 Å². The molecule has 1 atom stereocenters. The molecule has 0 saturated carbocycles. The van der Waals surface area contributed by atoms with Gasteiger partial charge in [0.25, 0.3) is 0 Å². The maximum absolute atomic E-state index is 11.8. The van der Waals surface area contributed by atoms with Crippen molar-refractivity contribution >= 4 is 12.1 Å². The van der Waals surface area contributed by atoms with Crippen molar-refractivity contribution in [3.8, 4) is 0 Å². The van der Waals surface area contributed by atoms with Gasteiger partial charge in [-0.25, -0.2) is 4.79 Å². The summed E-state index contributed by atoms with van der Waals surface area (Å²) in [5.74, 6) is -0.920. The molecule has 0 radical (unpaired) electrons. The van der Waals surface area contributed by atoms with E-state index in [4.69, 9.17) is 4.74 Å². The van der Waals surface area contributed by atoms with E-state index in [2.05, 4.69) is 12.2 Å². The highest BCUT2D eigenvalue weighted by Crippen LogP contribution is 2.34. The maximum Gasteiger partial charge on any atom is 0.407 e. The predicted octanol–water partition coefficient (Wildman–Crippen LogP) is 4.21. The van der Waals surface area contributed by atoms with Crippen LogP contribution in [0.5, 0.6) is 0 Å². The Morgan fingerprint density at radius 2 is 1.73 bits per heavy atom. The molecule has 0 aromatic rings. The van der Waals surface area contributed by atoms with Crippen molar-refractivity contribution in [3.05, 3.63) is 0 Å². The van der Waals surface area contributed by atoms with Gasteiger partial charge >= 0.3 is 12.1 Å². The van der Waals surface area contributed by atoms with E-state index in [-0.39, 0.29) is 12.5 Å². The van der Waals surface area contributed by atoms with E-state index in [1.165, 1.54) is 0 Å². The number of alkyl carbamates (subject to hydrolysis) is 1. The summed E-state index contributed by atoms with van der Waals surface area (Å²) in [7, 11) is 0. The minimum atomic E-state index is -0.940. The quantitative estimate of drug-likeness (QED) is 0.625. The Labute approximate surface area is 134 Å². The first-order chi connectivity index (χ1) is 10.0. The summed E-state index contributed by atoms with van der Waals surface area (Å²) in [5.41, 5.74) is -1.53. The van der Waals surface area contributed by atoms with Crippen molar-refractivity contribution in [1.29, 1.82) is 0 Å². The van der Waals surface area contributed by atoms with Gasteiger partial charge in [0.05, 0.1) is 5.41 Å². The largest absolute Gasteiger partial charge is 0.481 e. The van der Waals surface area contributed by atoms with Crippen molar-refractivity contribution in [3.63, 3.8) is 0 Å². The Kier molecular flexibility index (Phi) is 8.49. The van der Waals surface area contributed by atoms with Gasteiger partial charge < -0.3 is 15.2 Å². The number of amides is 1. The second-order valence-electron chi connectivity index (χ2n) is 7.28. The zero-order valence-corrected chi connectivity index (χ0v) is 15.0. The lowest BCUT2D eigenvalue weighted by molar-refractivity contribution is -0.152. The third-order valence-electron chi connectivity index (χ3n) is 3.95. The van der Waals surface area contributed by atoms with Crippen LogP contribution in [0, 0.1) is 11.3 Å². The number of nitrogens with one attached hydrogen (secondary N) is 1. The molecular weight excluding hydrogens is 282 g/mol. The number of unbranched alkanes of at least 4 members (excludes halogenated alkanes) is 3. The van der Waals surface area contributed by atoms with Crippen LogP contribution in [0.3, 0.4) is 0 Å². The molecule has 2 N–H and O–H groups in total. The van der Waals surface area contributed by atoms with Crippen molar-refractivity contribution in [2.24, 2.45) is 11.3 Å². The molecule has 0 spiro atoms. The van der Waals surface area contributed by atoms with Crippen molar-refractivity contribution in [1.82, 2.24) is 5.32 Å². The molecule has 130 valence electrons. The summed E-state index contributed by atoms with van der Waals surface area (Å²) in [4.78, 5) is 23.6. The van der Waals surface area contributed by atoms with Crippen molar-refractivity contribution in [2.75, 3.05) is 6.54 Å². The summed E-state index contributed by atoms with van der Waals surface area (Å²) in [6.45, 7) is 11.4. The zero-order valence-electron chi connectivity index (χ0n) is 15.0. The zero-order chi connectivity index (χ0) is 17.4. The molecule has 0 saturated heterocycles. The first-order valence-electron chi connectivity index (χ1n) is 8.25. The molecule has 0 heterocycles. The second kappa shape index (κ2) is 9.01. The van der Waals surface area contributed by atoms with E-state index in [0.717, 1.165) is 25.7 Å². The second-order valence-corrected chi connectivity index (χ2v) is 7.28. The normalized spacial score (nSPS) is 14.5. The molecule has 0 aliphatic carbocycles. The highest BCUT2D eigenvalue weighted by atomic mass is 16.6. The third kappa shape index (κ3) is 7.14. The van der Waals surface area contributed by atoms with Gasteiger partial charge in [0, 0.05) is 6.54 Å². The van der Waals surface area contributed by atoms with E-state index in [0.29, 0.717) is 6.42 Å². The summed E-state index contributed by atoms with van der Waals surface area (Å²) in [5, 5.41) is 12.3. The van der Waals surface area contributed by atoms with Gasteiger partial charge in [-0.05, 0) is 33.1 Å². The van der Waals surface area contributed by atoms with Gasteiger partial charge in [-0.1, -0.05) is 46.5 Å². The first kappa shape index (κ1) is 20.7.